The number of likely N-dealkylation sites (tertiary alicyclic amines) is 1. The highest BCUT2D eigenvalue weighted by atomic mass is 19.4. The minimum Gasteiger partial charge on any atom is -0.475 e. The van der Waals surface area contributed by atoms with E-state index in [1.807, 2.05) is 17.9 Å². The van der Waals surface area contributed by atoms with Gasteiger partial charge in [0, 0.05) is 64.1 Å². The monoisotopic (exact) mass is 556 g/mol. The summed E-state index contributed by atoms with van der Waals surface area (Å²) in [6.07, 6.45) is 1.17. The molecule has 10 nitrogen and oxygen atoms in total. The second-order valence-electron chi connectivity index (χ2n) is 8.81. The second kappa shape index (κ2) is 13.6. The minimum atomic E-state index is -5.08. The number of imidazole rings is 1. The normalized spacial score (nSPS) is 16.8. The van der Waals surface area contributed by atoms with E-state index in [9.17, 15) is 26.3 Å². The number of fused-ring (bicyclic) bond motifs is 1. The summed E-state index contributed by atoms with van der Waals surface area (Å²) in [6.45, 7) is 7.76. The number of aryl methyl sites for hydroxylation is 1. The average molecular weight is 557 g/mol. The van der Waals surface area contributed by atoms with Crippen LogP contribution in [-0.4, -0.2) is 89.8 Å². The SMILES string of the molecule is Cn1cc(CN2CCc3ncc(CN4CCCCC4)n3CC2)cn1.O=C(O)C(F)(F)F.O=C(O)C(F)(F)F. The predicted octanol–water partition coefficient (Wildman–Crippen LogP) is 2.93. The maximum absolute atomic E-state index is 10.6. The van der Waals surface area contributed by atoms with Crippen molar-refractivity contribution < 1.29 is 46.1 Å². The summed E-state index contributed by atoms with van der Waals surface area (Å²) in [5.74, 6) is -4.25. The Kier molecular flexibility index (Phi) is 11.1. The lowest BCUT2D eigenvalue weighted by Crippen LogP contribution is -2.30. The second-order valence-corrected chi connectivity index (χ2v) is 8.81. The summed E-state index contributed by atoms with van der Waals surface area (Å²) < 4.78 is 67.8. The first-order valence-electron chi connectivity index (χ1n) is 11.7. The van der Waals surface area contributed by atoms with Crippen molar-refractivity contribution in [2.24, 2.45) is 7.05 Å². The van der Waals surface area contributed by atoms with Crippen molar-refractivity contribution in [3.8, 4) is 0 Å². The summed E-state index contributed by atoms with van der Waals surface area (Å²) in [5, 5.41) is 18.5. The average Bonchev–Trinajstić information content (AvgIpc) is 3.34. The lowest BCUT2D eigenvalue weighted by Gasteiger charge is -2.26. The fourth-order valence-electron chi connectivity index (χ4n) is 3.98. The van der Waals surface area contributed by atoms with Gasteiger partial charge in [-0.15, -0.1) is 0 Å². The first-order valence-corrected chi connectivity index (χ1v) is 11.7. The Morgan fingerprint density at radius 2 is 1.39 bits per heavy atom. The molecule has 16 heteroatoms. The van der Waals surface area contributed by atoms with Crippen LogP contribution < -0.4 is 0 Å². The molecule has 0 atom stereocenters. The number of hydrogen-bond acceptors (Lipinski definition) is 6. The topological polar surface area (TPSA) is 117 Å². The molecule has 0 radical (unpaired) electrons. The fourth-order valence-corrected chi connectivity index (χ4v) is 3.98. The number of nitrogens with zero attached hydrogens (tertiary/aromatic N) is 6. The Balaban J connectivity index is 0.000000301. The summed E-state index contributed by atoms with van der Waals surface area (Å²) in [5.41, 5.74) is 2.70. The minimum absolute atomic E-state index is 0.986. The van der Waals surface area contributed by atoms with Gasteiger partial charge in [0.2, 0.25) is 0 Å². The van der Waals surface area contributed by atoms with Crippen LogP contribution in [0.5, 0.6) is 0 Å². The van der Waals surface area contributed by atoms with Crippen LogP contribution in [0.2, 0.25) is 0 Å². The Bertz CT molecular complexity index is 1020. The van der Waals surface area contributed by atoms with Crippen LogP contribution in [0, 0.1) is 0 Å². The first-order chi connectivity index (χ1) is 17.7. The van der Waals surface area contributed by atoms with Gasteiger partial charge in [-0.25, -0.2) is 14.6 Å². The molecule has 0 saturated carbocycles. The molecule has 1 saturated heterocycles. The molecule has 2 aromatic rings. The summed E-state index contributed by atoms with van der Waals surface area (Å²) in [4.78, 5) is 27.6. The lowest BCUT2D eigenvalue weighted by atomic mass is 10.1. The van der Waals surface area contributed by atoms with E-state index in [1.165, 1.54) is 49.4 Å². The van der Waals surface area contributed by atoms with Gasteiger partial charge in [-0.05, 0) is 25.9 Å². The molecule has 0 aromatic carbocycles. The molecular formula is C22H30F6N6O4. The Labute approximate surface area is 214 Å². The molecule has 38 heavy (non-hydrogen) atoms. The van der Waals surface area contributed by atoms with Crippen molar-refractivity contribution in [1.82, 2.24) is 29.1 Å². The van der Waals surface area contributed by atoms with Crippen LogP contribution in [-0.2, 0) is 42.7 Å². The zero-order valence-corrected chi connectivity index (χ0v) is 20.7. The van der Waals surface area contributed by atoms with Gasteiger partial charge in [-0.2, -0.15) is 31.4 Å². The fraction of sp³-hybridized carbons (Fsp3) is 0.636. The number of halogens is 6. The van der Waals surface area contributed by atoms with Gasteiger partial charge >= 0.3 is 24.3 Å². The Morgan fingerprint density at radius 1 is 0.842 bits per heavy atom. The molecule has 0 spiro atoms. The highest BCUT2D eigenvalue weighted by Gasteiger charge is 2.38. The number of aromatic nitrogens is 4. The van der Waals surface area contributed by atoms with Crippen LogP contribution in [0.1, 0.15) is 36.3 Å². The molecular weight excluding hydrogens is 526 g/mol. The van der Waals surface area contributed by atoms with Crippen LogP contribution in [0.15, 0.2) is 18.6 Å². The van der Waals surface area contributed by atoms with Crippen molar-refractivity contribution >= 4 is 11.9 Å². The Morgan fingerprint density at radius 3 is 1.89 bits per heavy atom. The van der Waals surface area contributed by atoms with Crippen LogP contribution in [0.25, 0.3) is 0 Å². The van der Waals surface area contributed by atoms with E-state index < -0.39 is 24.3 Å². The standard InChI is InChI=1S/C18H28N6.2C2HF3O2/c1-21-13-16(11-20-21)14-23-8-5-18-19-12-17(24(18)10-9-23)15-22-6-3-2-4-7-22;2*3-2(4,5)1(6)7/h11-13H,2-10,14-15H2,1H3;2*(H,6,7). The van der Waals surface area contributed by atoms with Gasteiger partial charge < -0.3 is 14.8 Å². The molecule has 4 rings (SSSR count). The van der Waals surface area contributed by atoms with Crippen molar-refractivity contribution in [2.75, 3.05) is 26.2 Å². The zero-order valence-electron chi connectivity index (χ0n) is 20.7. The van der Waals surface area contributed by atoms with Crippen molar-refractivity contribution in [2.45, 2.75) is 57.7 Å². The molecule has 1 fully saturated rings. The van der Waals surface area contributed by atoms with E-state index in [0.29, 0.717) is 0 Å². The number of carbonyl (C=O) groups is 2. The molecule has 0 aliphatic carbocycles. The van der Waals surface area contributed by atoms with Gasteiger partial charge in [-0.3, -0.25) is 14.5 Å². The maximum atomic E-state index is 10.6. The third-order valence-electron chi connectivity index (χ3n) is 5.80. The number of carboxylic acid groups (broad SMARTS) is 2. The molecule has 2 aliphatic heterocycles. The van der Waals surface area contributed by atoms with Gasteiger partial charge in [0.25, 0.3) is 0 Å². The van der Waals surface area contributed by atoms with E-state index in [-0.39, 0.29) is 0 Å². The van der Waals surface area contributed by atoms with Crippen LogP contribution >= 0.6 is 0 Å². The maximum Gasteiger partial charge on any atom is 0.490 e. The van der Waals surface area contributed by atoms with Gasteiger partial charge in [0.1, 0.15) is 5.82 Å². The highest BCUT2D eigenvalue weighted by Crippen LogP contribution is 2.18. The third kappa shape index (κ3) is 10.3. The molecule has 0 amide bonds. The predicted molar refractivity (Wildman–Crippen MR) is 121 cm³/mol. The number of piperidine rings is 1. The van der Waals surface area contributed by atoms with Crippen molar-refractivity contribution in [3.05, 3.63) is 35.7 Å². The smallest absolute Gasteiger partial charge is 0.475 e. The number of alkyl halides is 6. The highest BCUT2D eigenvalue weighted by molar-refractivity contribution is 5.73. The third-order valence-corrected chi connectivity index (χ3v) is 5.80. The summed E-state index contributed by atoms with van der Waals surface area (Å²) >= 11 is 0. The molecule has 0 unspecified atom stereocenters. The van der Waals surface area contributed by atoms with Gasteiger partial charge in [0.15, 0.2) is 0 Å². The molecule has 2 N–H and O–H groups in total. The molecule has 214 valence electrons. The lowest BCUT2D eigenvalue weighted by molar-refractivity contribution is -0.193. The Hall–Kier alpha value is -3.14. The first kappa shape index (κ1) is 31.1. The molecule has 0 bridgehead atoms. The van der Waals surface area contributed by atoms with E-state index in [4.69, 9.17) is 24.8 Å². The number of carboxylic acids is 2. The van der Waals surface area contributed by atoms with Gasteiger partial charge in [0.05, 0.1) is 11.9 Å². The molecule has 4 heterocycles. The van der Waals surface area contributed by atoms with E-state index >= 15 is 0 Å². The van der Waals surface area contributed by atoms with E-state index in [2.05, 4.69) is 31.9 Å². The number of hydrogen-bond donors (Lipinski definition) is 2. The van der Waals surface area contributed by atoms with Crippen molar-refractivity contribution in [3.63, 3.8) is 0 Å². The van der Waals surface area contributed by atoms with Crippen LogP contribution in [0.3, 0.4) is 0 Å². The number of rotatable bonds is 4. The number of aliphatic carboxylic acids is 2. The largest absolute Gasteiger partial charge is 0.490 e. The zero-order chi connectivity index (χ0) is 28.5. The molecule has 2 aliphatic rings. The van der Waals surface area contributed by atoms with Crippen LogP contribution in [0.4, 0.5) is 26.3 Å². The summed E-state index contributed by atoms with van der Waals surface area (Å²) in [6, 6.07) is 0. The van der Waals surface area contributed by atoms with E-state index in [1.54, 1.807) is 0 Å². The summed E-state index contributed by atoms with van der Waals surface area (Å²) in [7, 11) is 1.98. The van der Waals surface area contributed by atoms with E-state index in [0.717, 1.165) is 39.1 Å². The quantitative estimate of drug-likeness (QED) is 0.553. The van der Waals surface area contributed by atoms with Crippen molar-refractivity contribution in [1.29, 1.82) is 0 Å². The molecule has 2 aromatic heterocycles. The van der Waals surface area contributed by atoms with Gasteiger partial charge in [-0.1, -0.05) is 6.42 Å².